The van der Waals surface area contributed by atoms with Crippen molar-refractivity contribution in [2.24, 2.45) is 0 Å². The molecule has 0 bridgehead atoms. The Kier molecular flexibility index (Phi) is 6.22. The minimum absolute atomic E-state index is 0.126. The van der Waals surface area contributed by atoms with Crippen LogP contribution >= 0.6 is 0 Å². The quantitative estimate of drug-likeness (QED) is 0.800. The summed E-state index contributed by atoms with van der Waals surface area (Å²) in [5.74, 6) is 2.05. The summed E-state index contributed by atoms with van der Waals surface area (Å²) in [7, 11) is 0. The first-order valence-electron chi connectivity index (χ1n) is 9.56. The van der Waals surface area contributed by atoms with Gasteiger partial charge in [-0.25, -0.2) is 0 Å². The molecule has 1 amide bonds. The maximum atomic E-state index is 12.7. The summed E-state index contributed by atoms with van der Waals surface area (Å²) in [4.78, 5) is 12.7. The topological polar surface area (TPSA) is 56.8 Å². The van der Waals surface area contributed by atoms with Crippen LogP contribution < -0.4 is 19.5 Å². The summed E-state index contributed by atoms with van der Waals surface area (Å²) in [6, 6.07) is 13.5. The first kappa shape index (κ1) is 19.1. The lowest BCUT2D eigenvalue weighted by Crippen LogP contribution is -2.39. The van der Waals surface area contributed by atoms with Crippen molar-refractivity contribution in [1.29, 1.82) is 0 Å². The van der Waals surface area contributed by atoms with E-state index < -0.39 is 6.10 Å². The number of nitrogens with one attached hydrogen (secondary N) is 1. The number of hydrogen-bond donors (Lipinski definition) is 1. The highest BCUT2D eigenvalue weighted by atomic mass is 16.6. The molecule has 2 atom stereocenters. The highest BCUT2D eigenvalue weighted by Gasteiger charge is 2.22. The lowest BCUT2D eigenvalue weighted by atomic mass is 10.1. The lowest BCUT2D eigenvalue weighted by Gasteiger charge is -2.23. The van der Waals surface area contributed by atoms with Crippen molar-refractivity contribution in [3.8, 4) is 17.2 Å². The van der Waals surface area contributed by atoms with E-state index in [4.69, 9.17) is 14.2 Å². The molecule has 27 heavy (non-hydrogen) atoms. The van der Waals surface area contributed by atoms with E-state index in [1.54, 1.807) is 0 Å². The molecule has 5 nitrogen and oxygen atoms in total. The number of carbonyl (C=O) groups is 1. The Balaban J connectivity index is 1.63. The molecule has 0 saturated carbocycles. The van der Waals surface area contributed by atoms with E-state index in [2.05, 4.69) is 12.2 Å². The second-order valence-electron chi connectivity index (χ2n) is 6.65. The molecular weight excluding hydrogens is 342 g/mol. The standard InChI is InChI=1S/C22H27NO4/c1-4-16-6-9-18(10-7-16)27-19(5-2)22(24)23-15(3)17-8-11-20-21(14-17)26-13-12-25-20/h6-11,14-15,19H,4-5,12-13H2,1-3H3,(H,23,24)/t15-,19-/m1/s1. The fourth-order valence-corrected chi connectivity index (χ4v) is 3.01. The molecular formula is C22H27NO4. The number of aryl methyl sites for hydroxylation is 1. The molecule has 0 aliphatic carbocycles. The Hall–Kier alpha value is -2.69. The molecule has 0 spiro atoms. The van der Waals surface area contributed by atoms with Crippen LogP contribution in [0, 0.1) is 0 Å². The Labute approximate surface area is 160 Å². The number of ether oxygens (including phenoxy) is 3. The minimum atomic E-state index is -0.530. The van der Waals surface area contributed by atoms with Gasteiger partial charge in [0.05, 0.1) is 6.04 Å². The Morgan fingerprint density at radius 1 is 1.07 bits per heavy atom. The van der Waals surface area contributed by atoms with Gasteiger partial charge >= 0.3 is 0 Å². The van der Waals surface area contributed by atoms with Crippen molar-refractivity contribution in [1.82, 2.24) is 5.32 Å². The molecule has 144 valence electrons. The normalized spacial score (nSPS) is 14.9. The zero-order valence-corrected chi connectivity index (χ0v) is 16.2. The van der Waals surface area contributed by atoms with Crippen LogP contribution in [0.5, 0.6) is 17.2 Å². The smallest absolute Gasteiger partial charge is 0.261 e. The van der Waals surface area contributed by atoms with E-state index in [0.29, 0.717) is 25.4 Å². The van der Waals surface area contributed by atoms with Crippen molar-refractivity contribution in [3.63, 3.8) is 0 Å². The van der Waals surface area contributed by atoms with Gasteiger partial charge in [-0.1, -0.05) is 32.0 Å². The largest absolute Gasteiger partial charge is 0.486 e. The van der Waals surface area contributed by atoms with Gasteiger partial charge in [0.2, 0.25) is 0 Å². The van der Waals surface area contributed by atoms with Crippen molar-refractivity contribution >= 4 is 5.91 Å². The van der Waals surface area contributed by atoms with Crippen LogP contribution in [0.4, 0.5) is 0 Å². The third-order valence-electron chi connectivity index (χ3n) is 4.70. The van der Waals surface area contributed by atoms with Crippen molar-refractivity contribution in [2.75, 3.05) is 13.2 Å². The third kappa shape index (κ3) is 4.73. The number of amides is 1. The molecule has 0 saturated heterocycles. The predicted molar refractivity (Wildman–Crippen MR) is 105 cm³/mol. The van der Waals surface area contributed by atoms with Crippen LogP contribution in [0.1, 0.15) is 44.4 Å². The molecule has 1 aliphatic rings. The number of fused-ring (bicyclic) bond motifs is 1. The molecule has 0 unspecified atom stereocenters. The molecule has 2 aromatic carbocycles. The second kappa shape index (κ2) is 8.80. The van der Waals surface area contributed by atoms with Crippen molar-refractivity contribution < 1.29 is 19.0 Å². The van der Waals surface area contributed by atoms with Gasteiger partial charge in [-0.3, -0.25) is 4.79 Å². The molecule has 3 rings (SSSR count). The maximum absolute atomic E-state index is 12.7. The van der Waals surface area contributed by atoms with E-state index >= 15 is 0 Å². The van der Waals surface area contributed by atoms with Crippen LogP contribution in [0.15, 0.2) is 42.5 Å². The average molecular weight is 369 g/mol. The zero-order chi connectivity index (χ0) is 19.2. The monoisotopic (exact) mass is 369 g/mol. The minimum Gasteiger partial charge on any atom is -0.486 e. The van der Waals surface area contributed by atoms with Gasteiger partial charge in [-0.2, -0.15) is 0 Å². The summed E-state index contributed by atoms with van der Waals surface area (Å²) in [6.07, 6.45) is 1.04. The molecule has 5 heteroatoms. The average Bonchev–Trinajstić information content (AvgIpc) is 2.71. The van der Waals surface area contributed by atoms with Gasteiger partial charge in [0.15, 0.2) is 17.6 Å². The summed E-state index contributed by atoms with van der Waals surface area (Å²) in [6.45, 7) is 7.11. The Morgan fingerprint density at radius 3 is 2.44 bits per heavy atom. The Morgan fingerprint density at radius 2 is 1.78 bits per heavy atom. The summed E-state index contributed by atoms with van der Waals surface area (Å²) in [5, 5.41) is 3.04. The first-order chi connectivity index (χ1) is 13.1. The van der Waals surface area contributed by atoms with Crippen LogP contribution in [0.25, 0.3) is 0 Å². The molecule has 0 fully saturated rings. The van der Waals surface area contributed by atoms with Crippen molar-refractivity contribution in [2.45, 2.75) is 45.8 Å². The third-order valence-corrected chi connectivity index (χ3v) is 4.70. The van der Waals surface area contributed by atoms with E-state index in [1.165, 1.54) is 5.56 Å². The van der Waals surface area contributed by atoms with Crippen LogP contribution in [0.2, 0.25) is 0 Å². The van der Waals surface area contributed by atoms with Gasteiger partial charge in [0, 0.05) is 0 Å². The lowest BCUT2D eigenvalue weighted by molar-refractivity contribution is -0.128. The van der Waals surface area contributed by atoms with Gasteiger partial charge in [-0.05, 0) is 55.2 Å². The number of hydrogen-bond acceptors (Lipinski definition) is 4. The van der Waals surface area contributed by atoms with Crippen LogP contribution in [0.3, 0.4) is 0 Å². The predicted octanol–water partition coefficient (Wildman–Crippen LogP) is 4.06. The summed E-state index contributed by atoms with van der Waals surface area (Å²) >= 11 is 0. The maximum Gasteiger partial charge on any atom is 0.261 e. The summed E-state index contributed by atoms with van der Waals surface area (Å²) < 4.78 is 17.1. The molecule has 0 radical (unpaired) electrons. The van der Waals surface area contributed by atoms with Crippen LogP contribution in [-0.4, -0.2) is 25.2 Å². The van der Waals surface area contributed by atoms with Crippen molar-refractivity contribution in [3.05, 3.63) is 53.6 Å². The SMILES string of the molecule is CCc1ccc(O[C@H](CC)C(=O)N[C@H](C)c2ccc3c(c2)OCCO3)cc1. The first-order valence-corrected chi connectivity index (χ1v) is 9.56. The molecule has 1 N–H and O–H groups in total. The van der Waals surface area contributed by atoms with E-state index in [1.807, 2.05) is 56.3 Å². The Bertz CT molecular complexity index is 772. The molecule has 0 aromatic heterocycles. The number of carbonyl (C=O) groups excluding carboxylic acids is 1. The number of rotatable bonds is 7. The van der Waals surface area contributed by atoms with Gasteiger partial charge < -0.3 is 19.5 Å². The highest BCUT2D eigenvalue weighted by molar-refractivity contribution is 5.81. The van der Waals surface area contributed by atoms with Gasteiger partial charge in [0.25, 0.3) is 5.91 Å². The van der Waals surface area contributed by atoms with Gasteiger partial charge in [0.1, 0.15) is 19.0 Å². The zero-order valence-electron chi connectivity index (χ0n) is 16.2. The second-order valence-corrected chi connectivity index (χ2v) is 6.65. The van der Waals surface area contributed by atoms with E-state index in [9.17, 15) is 4.79 Å². The summed E-state index contributed by atoms with van der Waals surface area (Å²) in [5.41, 5.74) is 2.21. The highest BCUT2D eigenvalue weighted by Crippen LogP contribution is 2.32. The van der Waals surface area contributed by atoms with Crippen LogP contribution in [-0.2, 0) is 11.2 Å². The number of benzene rings is 2. The fourth-order valence-electron chi connectivity index (χ4n) is 3.01. The van der Waals surface area contributed by atoms with E-state index in [-0.39, 0.29) is 11.9 Å². The molecule has 1 aliphatic heterocycles. The van der Waals surface area contributed by atoms with E-state index in [0.717, 1.165) is 23.5 Å². The molecule has 2 aromatic rings. The molecule has 1 heterocycles. The van der Waals surface area contributed by atoms with Gasteiger partial charge in [-0.15, -0.1) is 0 Å². The fraction of sp³-hybridized carbons (Fsp3) is 0.409.